The van der Waals surface area contributed by atoms with Gasteiger partial charge in [-0.05, 0) is 32.8 Å². The van der Waals surface area contributed by atoms with Gasteiger partial charge in [-0.1, -0.05) is 12.1 Å². The molecule has 1 saturated heterocycles. The Morgan fingerprint density at radius 3 is 2.76 bits per heavy atom. The van der Waals surface area contributed by atoms with Gasteiger partial charge < -0.3 is 15.6 Å². The summed E-state index contributed by atoms with van der Waals surface area (Å²) < 4.78 is 41.5. The average molecular weight is 473 g/mol. The number of hydrogen-bond donors (Lipinski definition) is 3. The molecule has 4 aromatic rings. The molecule has 4 heterocycles. The fourth-order valence-electron chi connectivity index (χ4n) is 4.12. The predicted molar refractivity (Wildman–Crippen MR) is 124 cm³/mol. The smallest absolute Gasteiger partial charge is 0.360 e. The molecular formula is C23H23F3N6S. The van der Waals surface area contributed by atoms with Gasteiger partial charge in [0.25, 0.3) is 0 Å². The van der Waals surface area contributed by atoms with Gasteiger partial charge in [-0.2, -0.15) is 13.2 Å². The van der Waals surface area contributed by atoms with Gasteiger partial charge in [0.15, 0.2) is 0 Å². The van der Waals surface area contributed by atoms with Gasteiger partial charge in [0.2, 0.25) is 5.95 Å². The second-order valence-electron chi connectivity index (χ2n) is 8.90. The van der Waals surface area contributed by atoms with E-state index in [1.807, 2.05) is 17.5 Å². The van der Waals surface area contributed by atoms with Crippen LogP contribution in [-0.4, -0.2) is 38.1 Å². The molecule has 3 aromatic heterocycles. The number of halogens is 3. The van der Waals surface area contributed by atoms with E-state index < -0.39 is 11.7 Å². The Morgan fingerprint density at radius 1 is 1.21 bits per heavy atom. The van der Waals surface area contributed by atoms with Crippen LogP contribution in [0.2, 0.25) is 0 Å². The first-order chi connectivity index (χ1) is 15.7. The highest BCUT2D eigenvalue weighted by molar-refractivity contribution is 7.13. The van der Waals surface area contributed by atoms with E-state index in [9.17, 15) is 13.2 Å². The number of benzene rings is 1. The summed E-state index contributed by atoms with van der Waals surface area (Å²) in [7, 11) is 0. The van der Waals surface area contributed by atoms with Gasteiger partial charge in [-0.3, -0.25) is 0 Å². The SMILES string of the molecule is CC1(C)CC[C@H](Nc2ncc(C(F)(F)F)c(-c3c[nH]c4cc(-c5nccs5)ccc34)n2)CN1. The van der Waals surface area contributed by atoms with Crippen molar-refractivity contribution >= 4 is 28.2 Å². The minimum atomic E-state index is -4.57. The van der Waals surface area contributed by atoms with Crippen molar-refractivity contribution in [3.63, 3.8) is 0 Å². The molecule has 0 saturated carbocycles. The second kappa shape index (κ2) is 8.11. The summed E-state index contributed by atoms with van der Waals surface area (Å²) in [4.78, 5) is 15.7. The lowest BCUT2D eigenvalue weighted by molar-refractivity contribution is -0.137. The molecule has 33 heavy (non-hydrogen) atoms. The molecule has 1 atom stereocenters. The third-order valence-electron chi connectivity index (χ3n) is 5.99. The van der Waals surface area contributed by atoms with Gasteiger partial charge in [-0.15, -0.1) is 11.3 Å². The van der Waals surface area contributed by atoms with E-state index in [1.165, 1.54) is 11.3 Å². The van der Waals surface area contributed by atoms with Gasteiger partial charge in [0.05, 0.1) is 5.69 Å². The van der Waals surface area contributed by atoms with E-state index in [0.29, 0.717) is 17.5 Å². The summed E-state index contributed by atoms with van der Waals surface area (Å²) in [6.45, 7) is 4.96. The number of aromatic nitrogens is 4. The average Bonchev–Trinajstić information content (AvgIpc) is 3.44. The number of nitrogens with zero attached hydrogens (tertiary/aromatic N) is 3. The molecule has 0 unspecified atom stereocenters. The summed E-state index contributed by atoms with van der Waals surface area (Å²) in [5.41, 5.74) is 1.05. The predicted octanol–water partition coefficient (Wildman–Crippen LogP) is 5.71. The monoisotopic (exact) mass is 472 g/mol. The van der Waals surface area contributed by atoms with E-state index in [4.69, 9.17) is 0 Å². The Morgan fingerprint density at radius 2 is 2.06 bits per heavy atom. The minimum Gasteiger partial charge on any atom is -0.360 e. The minimum absolute atomic E-state index is 0.0475. The highest BCUT2D eigenvalue weighted by Gasteiger charge is 2.36. The molecule has 1 aliphatic rings. The first-order valence-corrected chi connectivity index (χ1v) is 11.5. The second-order valence-corrected chi connectivity index (χ2v) is 9.79. The molecule has 0 radical (unpaired) electrons. The zero-order valence-corrected chi connectivity index (χ0v) is 18.9. The number of anilines is 1. The van der Waals surface area contributed by atoms with Gasteiger partial charge in [-0.25, -0.2) is 15.0 Å². The fraction of sp³-hybridized carbons (Fsp3) is 0.348. The number of alkyl halides is 3. The van der Waals surface area contributed by atoms with E-state index in [2.05, 4.69) is 44.4 Å². The molecule has 3 N–H and O–H groups in total. The van der Waals surface area contributed by atoms with Crippen molar-refractivity contribution in [2.75, 3.05) is 11.9 Å². The van der Waals surface area contributed by atoms with E-state index in [0.717, 1.165) is 35.1 Å². The van der Waals surface area contributed by atoms with Crippen molar-refractivity contribution in [3.05, 3.63) is 47.7 Å². The van der Waals surface area contributed by atoms with Gasteiger partial charge in [0, 0.05) is 64.1 Å². The molecule has 0 spiro atoms. The lowest BCUT2D eigenvalue weighted by atomic mass is 9.91. The van der Waals surface area contributed by atoms with Crippen molar-refractivity contribution < 1.29 is 13.2 Å². The Hall–Kier alpha value is -2.98. The van der Waals surface area contributed by atoms with E-state index >= 15 is 0 Å². The maximum absolute atomic E-state index is 13.8. The molecule has 6 nitrogen and oxygen atoms in total. The first kappa shape index (κ1) is 21.8. The lowest BCUT2D eigenvalue weighted by Crippen LogP contribution is -2.50. The molecule has 172 valence electrons. The van der Waals surface area contributed by atoms with Crippen LogP contribution in [0.1, 0.15) is 32.3 Å². The van der Waals surface area contributed by atoms with Crippen LogP contribution in [0.4, 0.5) is 19.1 Å². The van der Waals surface area contributed by atoms with Crippen molar-refractivity contribution in [2.24, 2.45) is 0 Å². The normalized spacial score (nSPS) is 18.5. The molecule has 0 bridgehead atoms. The fourth-order valence-corrected chi connectivity index (χ4v) is 4.75. The summed E-state index contributed by atoms with van der Waals surface area (Å²) >= 11 is 1.50. The van der Waals surface area contributed by atoms with Crippen LogP contribution in [0.15, 0.2) is 42.2 Å². The summed E-state index contributed by atoms with van der Waals surface area (Å²) in [6, 6.07) is 5.61. The van der Waals surface area contributed by atoms with Crippen molar-refractivity contribution in [3.8, 4) is 21.8 Å². The maximum Gasteiger partial charge on any atom is 0.419 e. The molecule has 1 aliphatic heterocycles. The lowest BCUT2D eigenvalue weighted by Gasteiger charge is -2.36. The van der Waals surface area contributed by atoms with Crippen LogP contribution in [0.5, 0.6) is 0 Å². The summed E-state index contributed by atoms with van der Waals surface area (Å²) in [5, 5.41) is 10.0. The zero-order valence-electron chi connectivity index (χ0n) is 18.1. The number of fused-ring (bicyclic) bond motifs is 1. The molecule has 0 aliphatic carbocycles. The summed E-state index contributed by atoms with van der Waals surface area (Å²) in [5.74, 6) is 0.193. The molecule has 5 rings (SSSR count). The maximum atomic E-state index is 13.8. The van der Waals surface area contributed by atoms with Crippen molar-refractivity contribution in [2.45, 2.75) is 44.4 Å². The number of hydrogen-bond acceptors (Lipinski definition) is 6. The molecule has 10 heteroatoms. The Labute approximate surface area is 192 Å². The number of H-pyrrole nitrogens is 1. The van der Waals surface area contributed by atoms with Crippen molar-refractivity contribution in [1.29, 1.82) is 0 Å². The Bertz CT molecular complexity index is 1270. The number of rotatable bonds is 4. The number of nitrogens with one attached hydrogen (secondary N) is 3. The highest BCUT2D eigenvalue weighted by atomic mass is 32.1. The molecule has 1 aromatic carbocycles. The Balaban J connectivity index is 1.52. The van der Waals surface area contributed by atoms with Crippen LogP contribution in [0, 0.1) is 0 Å². The third kappa shape index (κ3) is 4.45. The molecule has 0 amide bonds. The van der Waals surface area contributed by atoms with Crippen molar-refractivity contribution in [1.82, 2.24) is 25.3 Å². The quantitative estimate of drug-likeness (QED) is 0.355. The number of thiazole rings is 1. The van der Waals surface area contributed by atoms with E-state index in [-0.39, 0.29) is 23.2 Å². The standard InChI is InChI=1S/C23H23F3N6S/c1-22(2)6-5-14(10-30-22)31-21-29-12-17(23(24,25)26)19(32-21)16-11-28-18-9-13(3-4-15(16)18)20-27-7-8-33-20/h3-4,7-9,11-12,14,28,30H,5-6,10H2,1-2H3,(H,29,31,32)/t14-/m0/s1. The van der Waals surface area contributed by atoms with Crippen LogP contribution in [0.25, 0.3) is 32.7 Å². The Kier molecular flexibility index (Phi) is 5.37. The largest absolute Gasteiger partial charge is 0.419 e. The van der Waals surface area contributed by atoms with E-state index in [1.54, 1.807) is 18.5 Å². The topological polar surface area (TPSA) is 78.5 Å². The van der Waals surface area contributed by atoms with Gasteiger partial charge in [0.1, 0.15) is 10.6 Å². The van der Waals surface area contributed by atoms with Crippen LogP contribution in [-0.2, 0) is 6.18 Å². The van der Waals surface area contributed by atoms with Crippen LogP contribution >= 0.6 is 11.3 Å². The highest BCUT2D eigenvalue weighted by Crippen LogP contribution is 2.39. The third-order valence-corrected chi connectivity index (χ3v) is 6.81. The summed E-state index contributed by atoms with van der Waals surface area (Å²) in [6.07, 6.45) is 1.41. The molecular weight excluding hydrogens is 449 g/mol. The molecule has 1 fully saturated rings. The van der Waals surface area contributed by atoms with Gasteiger partial charge >= 0.3 is 6.18 Å². The number of piperidine rings is 1. The van der Waals surface area contributed by atoms with Crippen LogP contribution in [0.3, 0.4) is 0 Å². The number of aromatic amines is 1. The first-order valence-electron chi connectivity index (χ1n) is 10.7. The van der Waals surface area contributed by atoms with Crippen LogP contribution < -0.4 is 10.6 Å². The zero-order chi connectivity index (χ0) is 23.2.